The number of aryl methyl sites for hydroxylation is 1. The van der Waals surface area contributed by atoms with Crippen LogP contribution in [0.2, 0.25) is 0 Å². The molecule has 5 rings (SSSR count). The number of aromatic carboxylic acids is 1. The Hall–Kier alpha value is -4.39. The van der Waals surface area contributed by atoms with Gasteiger partial charge in [-0.05, 0) is 55.0 Å². The number of halogens is 1. The van der Waals surface area contributed by atoms with Crippen molar-refractivity contribution in [1.29, 1.82) is 0 Å². The fraction of sp³-hybridized carbons (Fsp3) is 0.0769. The first kappa shape index (κ1) is 20.5. The number of benzene rings is 2. The summed E-state index contributed by atoms with van der Waals surface area (Å²) in [6, 6.07) is 19.7. The molecule has 0 fully saturated rings. The maximum absolute atomic E-state index is 13.8. The lowest BCUT2D eigenvalue weighted by Crippen LogP contribution is -2.02. The number of nitrogens with zero attached hydrogens (tertiary/aromatic N) is 3. The second kappa shape index (κ2) is 8.27. The summed E-state index contributed by atoms with van der Waals surface area (Å²) in [5, 5.41) is 10.2. The number of fused-ring (bicyclic) bond motifs is 1. The molecule has 3 aromatic heterocycles. The molecule has 0 atom stereocenters. The molecule has 7 heteroatoms. The van der Waals surface area contributed by atoms with E-state index in [1.54, 1.807) is 12.3 Å². The van der Waals surface area contributed by atoms with Gasteiger partial charge in [-0.2, -0.15) is 0 Å². The van der Waals surface area contributed by atoms with Crippen molar-refractivity contribution in [2.45, 2.75) is 13.3 Å². The Bertz CT molecular complexity index is 1510. The third kappa shape index (κ3) is 4.08. The topological polar surface area (TPSA) is 91.8 Å². The highest BCUT2D eigenvalue weighted by atomic mass is 19.1. The number of hydrogen-bond donors (Lipinski definition) is 2. The number of rotatable bonds is 5. The number of nitrogens with one attached hydrogen (secondary N) is 1. The number of H-pyrrole nitrogens is 1. The molecule has 0 aliphatic rings. The summed E-state index contributed by atoms with van der Waals surface area (Å²) in [4.78, 5) is 28.5. The number of aromatic nitrogens is 4. The highest BCUT2D eigenvalue weighted by Crippen LogP contribution is 2.31. The third-order valence-electron chi connectivity index (χ3n) is 5.41. The molecule has 2 aromatic carbocycles. The number of aromatic amines is 1. The zero-order valence-corrected chi connectivity index (χ0v) is 17.7. The molecule has 0 spiro atoms. The Kier molecular flexibility index (Phi) is 5.14. The Morgan fingerprint density at radius 2 is 1.91 bits per heavy atom. The monoisotopic (exact) mass is 438 g/mol. The molecule has 162 valence electrons. The highest BCUT2D eigenvalue weighted by molar-refractivity contribution is 5.88. The van der Waals surface area contributed by atoms with Crippen molar-refractivity contribution in [2.24, 2.45) is 0 Å². The molecule has 3 heterocycles. The van der Waals surface area contributed by atoms with Crippen LogP contribution in [0.15, 0.2) is 72.9 Å². The second-order valence-electron chi connectivity index (χ2n) is 7.78. The van der Waals surface area contributed by atoms with Crippen LogP contribution in [0, 0.1) is 12.7 Å². The van der Waals surface area contributed by atoms with E-state index in [1.807, 2.05) is 55.5 Å². The lowest BCUT2D eigenvalue weighted by molar-refractivity contribution is 0.0691. The predicted octanol–water partition coefficient (Wildman–Crippen LogP) is 5.42. The molecule has 0 saturated heterocycles. The van der Waals surface area contributed by atoms with Crippen molar-refractivity contribution in [3.05, 3.63) is 101 Å². The van der Waals surface area contributed by atoms with Crippen LogP contribution in [-0.4, -0.2) is 31.0 Å². The minimum atomic E-state index is -1.30. The van der Waals surface area contributed by atoms with Gasteiger partial charge in [0, 0.05) is 29.3 Å². The molecular weight excluding hydrogens is 419 g/mol. The molecule has 6 nitrogen and oxygen atoms in total. The van der Waals surface area contributed by atoms with Crippen molar-refractivity contribution in [3.8, 4) is 22.6 Å². The van der Waals surface area contributed by atoms with Crippen LogP contribution in [0.3, 0.4) is 0 Å². The fourth-order valence-corrected chi connectivity index (χ4v) is 3.85. The average Bonchev–Trinajstić information content (AvgIpc) is 3.23. The van der Waals surface area contributed by atoms with Crippen molar-refractivity contribution in [2.75, 3.05) is 0 Å². The fourth-order valence-electron chi connectivity index (χ4n) is 3.85. The molecule has 5 aromatic rings. The van der Waals surface area contributed by atoms with Gasteiger partial charge in [-0.3, -0.25) is 9.97 Å². The zero-order chi connectivity index (χ0) is 22.9. The molecule has 0 radical (unpaired) electrons. The minimum Gasteiger partial charge on any atom is -0.478 e. The molecule has 0 aliphatic heterocycles. The minimum absolute atomic E-state index is 0.314. The number of pyridine rings is 2. The van der Waals surface area contributed by atoms with Gasteiger partial charge in [-0.15, -0.1) is 0 Å². The first-order valence-corrected chi connectivity index (χ1v) is 10.4. The number of imidazole rings is 1. The first-order chi connectivity index (χ1) is 16.0. The summed E-state index contributed by atoms with van der Waals surface area (Å²) in [7, 11) is 0. The maximum atomic E-state index is 13.8. The number of carboxylic acid groups (broad SMARTS) is 1. The van der Waals surface area contributed by atoms with Crippen LogP contribution >= 0.6 is 0 Å². The SMILES string of the molecule is Cc1cccc(-c2[nH]c(Cc3ccc(F)c(C(=O)O)c3)nc2-c2ccc3ncccc3c2)n1. The van der Waals surface area contributed by atoms with Crippen molar-refractivity contribution >= 4 is 16.9 Å². The number of hydrogen-bond acceptors (Lipinski definition) is 4. The molecule has 33 heavy (non-hydrogen) atoms. The van der Waals surface area contributed by atoms with Gasteiger partial charge in [-0.1, -0.05) is 24.3 Å². The Morgan fingerprint density at radius 1 is 1.03 bits per heavy atom. The molecule has 2 N–H and O–H groups in total. The summed E-state index contributed by atoms with van der Waals surface area (Å²) < 4.78 is 13.8. The molecular formula is C26H19FN4O2. The van der Waals surface area contributed by atoms with Crippen molar-refractivity contribution < 1.29 is 14.3 Å². The van der Waals surface area contributed by atoms with Crippen molar-refractivity contribution in [3.63, 3.8) is 0 Å². The van der Waals surface area contributed by atoms with Gasteiger partial charge >= 0.3 is 5.97 Å². The lowest BCUT2D eigenvalue weighted by atomic mass is 10.1. The molecule has 0 saturated carbocycles. The van der Waals surface area contributed by atoms with Crippen LogP contribution in [0.4, 0.5) is 4.39 Å². The summed E-state index contributed by atoms with van der Waals surface area (Å²) in [5.41, 5.74) is 5.19. The second-order valence-corrected chi connectivity index (χ2v) is 7.78. The molecule has 0 bridgehead atoms. The van der Waals surface area contributed by atoms with Gasteiger partial charge in [0.05, 0.1) is 28.2 Å². The van der Waals surface area contributed by atoms with Gasteiger partial charge in [0.25, 0.3) is 0 Å². The normalized spacial score (nSPS) is 11.1. The van der Waals surface area contributed by atoms with Crippen LogP contribution in [0.25, 0.3) is 33.5 Å². The maximum Gasteiger partial charge on any atom is 0.338 e. The number of carboxylic acids is 1. The van der Waals surface area contributed by atoms with E-state index in [2.05, 4.69) is 15.0 Å². The lowest BCUT2D eigenvalue weighted by Gasteiger charge is -2.05. The summed E-state index contributed by atoms with van der Waals surface area (Å²) in [6.07, 6.45) is 2.07. The Balaban J connectivity index is 1.62. The Labute approximate surface area is 188 Å². The van der Waals surface area contributed by atoms with E-state index in [1.165, 1.54) is 12.1 Å². The summed E-state index contributed by atoms with van der Waals surface area (Å²) in [6.45, 7) is 1.92. The van der Waals surface area contributed by atoms with Crippen LogP contribution < -0.4 is 0 Å². The van der Waals surface area contributed by atoms with Gasteiger partial charge in [0.1, 0.15) is 11.6 Å². The first-order valence-electron chi connectivity index (χ1n) is 10.4. The van der Waals surface area contributed by atoms with E-state index in [0.717, 1.165) is 39.2 Å². The Morgan fingerprint density at radius 3 is 2.73 bits per heavy atom. The highest BCUT2D eigenvalue weighted by Gasteiger charge is 2.17. The smallest absolute Gasteiger partial charge is 0.338 e. The van der Waals surface area contributed by atoms with E-state index in [-0.39, 0.29) is 5.56 Å². The van der Waals surface area contributed by atoms with Gasteiger partial charge in [0.2, 0.25) is 0 Å². The van der Waals surface area contributed by atoms with E-state index in [0.29, 0.717) is 17.8 Å². The summed E-state index contributed by atoms with van der Waals surface area (Å²) in [5.74, 6) is -1.44. The standard InChI is InChI=1S/C26H19FN4O2/c1-15-4-2-6-22(29-15)25-24(18-8-10-21-17(14-18)5-3-11-28-21)30-23(31-25)13-16-7-9-20(27)19(12-16)26(32)33/h2-12,14H,13H2,1H3,(H,30,31)(H,32,33). The van der Waals surface area contributed by atoms with Gasteiger partial charge < -0.3 is 10.1 Å². The average molecular weight is 438 g/mol. The van der Waals surface area contributed by atoms with Crippen molar-refractivity contribution in [1.82, 2.24) is 19.9 Å². The third-order valence-corrected chi connectivity index (χ3v) is 5.41. The van der Waals surface area contributed by atoms with E-state index >= 15 is 0 Å². The van der Waals surface area contributed by atoms with Gasteiger partial charge in [-0.25, -0.2) is 14.2 Å². The largest absolute Gasteiger partial charge is 0.478 e. The van der Waals surface area contributed by atoms with Crippen LogP contribution in [0.5, 0.6) is 0 Å². The molecule has 0 unspecified atom stereocenters. The quantitative estimate of drug-likeness (QED) is 0.382. The van der Waals surface area contributed by atoms with E-state index in [4.69, 9.17) is 4.98 Å². The summed E-state index contributed by atoms with van der Waals surface area (Å²) >= 11 is 0. The molecule has 0 amide bonds. The van der Waals surface area contributed by atoms with E-state index in [9.17, 15) is 14.3 Å². The molecule has 0 aliphatic carbocycles. The van der Waals surface area contributed by atoms with Crippen LogP contribution in [0.1, 0.15) is 27.4 Å². The van der Waals surface area contributed by atoms with Gasteiger partial charge in [0.15, 0.2) is 0 Å². The predicted molar refractivity (Wildman–Crippen MR) is 123 cm³/mol. The zero-order valence-electron chi connectivity index (χ0n) is 17.7. The van der Waals surface area contributed by atoms with E-state index < -0.39 is 11.8 Å². The van der Waals surface area contributed by atoms with Crippen LogP contribution in [-0.2, 0) is 6.42 Å². The number of carbonyl (C=O) groups is 1.